The Morgan fingerprint density at radius 3 is 3.20 bits per heavy atom. The van der Waals surface area contributed by atoms with E-state index in [1.54, 1.807) is 0 Å². The lowest BCUT2D eigenvalue weighted by atomic mass is 10.00. The normalized spacial score (nSPS) is 25.8. The van der Waals surface area contributed by atoms with Crippen LogP contribution in [0, 0.1) is 5.92 Å². The first-order valence-electron chi connectivity index (χ1n) is 3.81. The number of hydrogen-bond donors (Lipinski definition) is 2. The number of amides is 1. The average molecular weight is 142 g/mol. The van der Waals surface area contributed by atoms with Crippen LogP contribution in [0.1, 0.15) is 12.8 Å². The maximum Gasteiger partial charge on any atom is 0.207 e. The van der Waals surface area contributed by atoms with Gasteiger partial charge in [0.2, 0.25) is 6.41 Å². The Hall–Kier alpha value is -0.570. The minimum absolute atomic E-state index is 0.652. The van der Waals surface area contributed by atoms with Gasteiger partial charge in [0.05, 0.1) is 0 Å². The summed E-state index contributed by atoms with van der Waals surface area (Å²) in [5, 5.41) is 5.99. The quantitative estimate of drug-likeness (QED) is 0.533. The fraction of sp³-hybridized carbons (Fsp3) is 0.857. The summed E-state index contributed by atoms with van der Waals surface area (Å²) in [4.78, 5) is 9.92. The summed E-state index contributed by atoms with van der Waals surface area (Å²) in [5.41, 5.74) is 0. The maximum absolute atomic E-state index is 9.92. The highest BCUT2D eigenvalue weighted by Crippen LogP contribution is 2.07. The Balaban J connectivity index is 2.07. The molecule has 3 nitrogen and oxygen atoms in total. The standard InChI is InChI=1S/C7H14N2O/c10-6-9-5-7-2-1-3-8-4-7/h6-8H,1-5H2,(H,9,10)/t7-/m1/s1. The Kier molecular flexibility index (Phi) is 3.22. The highest BCUT2D eigenvalue weighted by molar-refractivity contribution is 5.45. The zero-order valence-electron chi connectivity index (χ0n) is 6.10. The molecule has 58 valence electrons. The molecule has 10 heavy (non-hydrogen) atoms. The molecular weight excluding hydrogens is 128 g/mol. The van der Waals surface area contributed by atoms with Crippen LogP contribution < -0.4 is 10.6 Å². The second-order valence-corrected chi connectivity index (χ2v) is 2.74. The van der Waals surface area contributed by atoms with Crippen molar-refractivity contribution in [1.29, 1.82) is 0 Å². The molecule has 2 N–H and O–H groups in total. The molecule has 0 aromatic heterocycles. The first-order chi connectivity index (χ1) is 4.93. The summed E-state index contributed by atoms with van der Waals surface area (Å²) in [5.74, 6) is 0.652. The van der Waals surface area contributed by atoms with Crippen molar-refractivity contribution in [1.82, 2.24) is 10.6 Å². The number of rotatable bonds is 3. The lowest BCUT2D eigenvalue weighted by Gasteiger charge is -2.21. The molecular formula is C7H14N2O. The molecule has 3 heteroatoms. The Bertz CT molecular complexity index is 99.8. The Morgan fingerprint density at radius 2 is 2.60 bits per heavy atom. The molecule has 0 aliphatic carbocycles. The van der Waals surface area contributed by atoms with E-state index in [4.69, 9.17) is 0 Å². The molecule has 1 amide bonds. The van der Waals surface area contributed by atoms with Crippen molar-refractivity contribution in [2.24, 2.45) is 5.92 Å². The van der Waals surface area contributed by atoms with Crippen LogP contribution in [0.3, 0.4) is 0 Å². The van der Waals surface area contributed by atoms with Crippen molar-refractivity contribution in [3.63, 3.8) is 0 Å². The number of carbonyl (C=O) groups is 1. The average Bonchev–Trinajstić information content (AvgIpc) is 2.03. The van der Waals surface area contributed by atoms with Crippen molar-refractivity contribution in [3.05, 3.63) is 0 Å². The number of piperidine rings is 1. The second-order valence-electron chi connectivity index (χ2n) is 2.74. The van der Waals surface area contributed by atoms with Crippen LogP contribution in [0.15, 0.2) is 0 Å². The zero-order valence-corrected chi connectivity index (χ0v) is 6.10. The fourth-order valence-corrected chi connectivity index (χ4v) is 1.31. The van der Waals surface area contributed by atoms with Gasteiger partial charge in [-0.3, -0.25) is 4.79 Å². The van der Waals surface area contributed by atoms with E-state index in [0.29, 0.717) is 5.92 Å². The second kappa shape index (κ2) is 4.28. The summed E-state index contributed by atoms with van der Waals surface area (Å²) in [7, 11) is 0. The summed E-state index contributed by atoms with van der Waals surface area (Å²) in [6.45, 7) is 3.02. The lowest BCUT2D eigenvalue weighted by molar-refractivity contribution is -0.109. The van der Waals surface area contributed by atoms with E-state index < -0.39 is 0 Å². The van der Waals surface area contributed by atoms with Crippen molar-refractivity contribution in [2.75, 3.05) is 19.6 Å². The molecule has 1 saturated heterocycles. The highest BCUT2D eigenvalue weighted by Gasteiger charge is 2.11. The monoisotopic (exact) mass is 142 g/mol. The van der Waals surface area contributed by atoms with Crippen LogP contribution in [0.4, 0.5) is 0 Å². The summed E-state index contributed by atoms with van der Waals surface area (Å²) in [6, 6.07) is 0. The SMILES string of the molecule is O=CNC[C@@H]1CCCNC1. The predicted octanol–water partition coefficient (Wildman–Crippen LogP) is -0.268. The molecule has 1 atom stereocenters. The van der Waals surface area contributed by atoms with Gasteiger partial charge in [-0.2, -0.15) is 0 Å². The molecule has 0 aromatic carbocycles. The van der Waals surface area contributed by atoms with Gasteiger partial charge in [-0.25, -0.2) is 0 Å². The minimum atomic E-state index is 0.652. The highest BCUT2D eigenvalue weighted by atomic mass is 16.1. The molecule has 1 heterocycles. The first-order valence-corrected chi connectivity index (χ1v) is 3.81. The van der Waals surface area contributed by atoms with Gasteiger partial charge in [0, 0.05) is 6.54 Å². The van der Waals surface area contributed by atoms with Gasteiger partial charge in [0.25, 0.3) is 0 Å². The molecule has 0 bridgehead atoms. The third kappa shape index (κ3) is 2.35. The van der Waals surface area contributed by atoms with Crippen molar-refractivity contribution in [3.8, 4) is 0 Å². The van der Waals surface area contributed by atoms with E-state index in [2.05, 4.69) is 10.6 Å². The molecule has 0 unspecified atom stereocenters. The number of carbonyl (C=O) groups excluding carboxylic acids is 1. The molecule has 1 rings (SSSR count). The van der Waals surface area contributed by atoms with E-state index in [-0.39, 0.29) is 0 Å². The molecule has 1 aliphatic rings. The van der Waals surface area contributed by atoms with Crippen molar-refractivity contribution >= 4 is 6.41 Å². The summed E-state index contributed by atoms with van der Waals surface area (Å²) >= 11 is 0. The number of nitrogens with one attached hydrogen (secondary N) is 2. The van der Waals surface area contributed by atoms with E-state index in [0.717, 1.165) is 26.0 Å². The van der Waals surface area contributed by atoms with E-state index in [9.17, 15) is 4.79 Å². The summed E-state index contributed by atoms with van der Waals surface area (Å²) < 4.78 is 0. The van der Waals surface area contributed by atoms with Gasteiger partial charge in [-0.05, 0) is 31.8 Å². The largest absolute Gasteiger partial charge is 0.358 e. The van der Waals surface area contributed by atoms with E-state index in [1.807, 2.05) is 0 Å². The van der Waals surface area contributed by atoms with Gasteiger partial charge in [0.15, 0.2) is 0 Å². The zero-order chi connectivity index (χ0) is 7.23. The van der Waals surface area contributed by atoms with Gasteiger partial charge in [-0.1, -0.05) is 0 Å². The fourth-order valence-electron chi connectivity index (χ4n) is 1.31. The topological polar surface area (TPSA) is 41.1 Å². The number of hydrogen-bond acceptors (Lipinski definition) is 2. The van der Waals surface area contributed by atoms with E-state index in [1.165, 1.54) is 12.8 Å². The third-order valence-electron chi connectivity index (χ3n) is 1.89. The smallest absolute Gasteiger partial charge is 0.207 e. The van der Waals surface area contributed by atoms with E-state index >= 15 is 0 Å². The molecule has 1 fully saturated rings. The molecule has 0 spiro atoms. The third-order valence-corrected chi connectivity index (χ3v) is 1.89. The van der Waals surface area contributed by atoms with Crippen LogP contribution >= 0.6 is 0 Å². The lowest BCUT2D eigenvalue weighted by Crippen LogP contribution is -2.35. The molecule has 0 radical (unpaired) electrons. The van der Waals surface area contributed by atoms with Crippen LogP contribution in [0.2, 0.25) is 0 Å². The molecule has 1 aliphatic heterocycles. The van der Waals surface area contributed by atoms with Crippen LogP contribution in [0.25, 0.3) is 0 Å². The van der Waals surface area contributed by atoms with Crippen molar-refractivity contribution in [2.45, 2.75) is 12.8 Å². The minimum Gasteiger partial charge on any atom is -0.358 e. The van der Waals surface area contributed by atoms with Gasteiger partial charge >= 0.3 is 0 Å². The Morgan fingerprint density at radius 1 is 1.70 bits per heavy atom. The van der Waals surface area contributed by atoms with Crippen LogP contribution in [0.5, 0.6) is 0 Å². The Labute approximate surface area is 61.2 Å². The summed E-state index contributed by atoms with van der Waals surface area (Å²) in [6.07, 6.45) is 3.26. The van der Waals surface area contributed by atoms with Gasteiger partial charge in [0.1, 0.15) is 0 Å². The maximum atomic E-state index is 9.92. The van der Waals surface area contributed by atoms with Crippen molar-refractivity contribution < 1.29 is 4.79 Å². The van der Waals surface area contributed by atoms with Gasteiger partial charge < -0.3 is 10.6 Å². The van der Waals surface area contributed by atoms with Gasteiger partial charge in [-0.15, -0.1) is 0 Å². The van der Waals surface area contributed by atoms with Crippen LogP contribution in [-0.4, -0.2) is 26.0 Å². The predicted molar refractivity (Wildman–Crippen MR) is 39.7 cm³/mol. The molecule has 0 aromatic rings. The van der Waals surface area contributed by atoms with Crippen LogP contribution in [-0.2, 0) is 4.79 Å². The molecule has 0 saturated carbocycles. The first kappa shape index (κ1) is 7.54.